The highest BCUT2D eigenvalue weighted by molar-refractivity contribution is 9.09. The first-order valence-corrected chi connectivity index (χ1v) is 11.3. The molecule has 1 saturated carbocycles. The first kappa shape index (κ1) is 25.4. The van der Waals surface area contributed by atoms with Crippen LogP contribution in [0.5, 0.6) is 0 Å². The van der Waals surface area contributed by atoms with Gasteiger partial charge >= 0.3 is 23.9 Å². The smallest absolute Gasteiger partial charge is 0.312 e. The fourth-order valence-corrected chi connectivity index (χ4v) is 5.05. The molecule has 6 atom stereocenters. The van der Waals surface area contributed by atoms with Crippen LogP contribution in [0.15, 0.2) is 12.2 Å². The number of halogens is 1. The summed E-state index contributed by atoms with van der Waals surface area (Å²) in [5, 5.41) is 0. The Hall–Kier alpha value is -1.90. The normalized spacial score (nSPS) is 31.2. The topological polar surface area (TPSA) is 105 Å². The van der Waals surface area contributed by atoms with Gasteiger partial charge in [-0.25, -0.2) is 0 Å². The molecule has 3 aliphatic rings. The number of carbonyl (C=O) groups is 4. The standard InChI is InChI=1S/C13H20O4.C9H11BrO4/c1-13(2,3)17-11(14)8-9-5-6-10(7-9)12(15)16-4;1-13-9(12)5-2-4-3-6(11)14-8(4)7(5)10/h5-6,9-10H,7-8H2,1-4H3;4-5,7-8H,2-3H2,1H3/t9-,10+;4-,5-,7+,8+/m11/s1. The number of rotatable bonds is 4. The van der Waals surface area contributed by atoms with Gasteiger partial charge in [-0.1, -0.05) is 28.1 Å². The molecule has 0 spiro atoms. The van der Waals surface area contributed by atoms with Crippen LogP contribution in [-0.4, -0.2) is 54.6 Å². The largest absolute Gasteiger partial charge is 0.469 e. The molecule has 0 aromatic rings. The predicted octanol–water partition coefficient (Wildman–Crippen LogP) is 2.96. The summed E-state index contributed by atoms with van der Waals surface area (Å²) < 4.78 is 19.7. The number of hydrogen-bond donors (Lipinski definition) is 0. The lowest BCUT2D eigenvalue weighted by Gasteiger charge is -2.20. The maximum atomic E-state index is 11.6. The van der Waals surface area contributed by atoms with Crippen molar-refractivity contribution < 1.29 is 38.1 Å². The summed E-state index contributed by atoms with van der Waals surface area (Å²) in [6.07, 6.45) is 5.62. The fraction of sp³-hybridized carbons (Fsp3) is 0.727. The van der Waals surface area contributed by atoms with E-state index in [-0.39, 0.29) is 58.5 Å². The van der Waals surface area contributed by atoms with E-state index in [1.165, 1.54) is 14.2 Å². The molecule has 0 aromatic heterocycles. The minimum absolute atomic E-state index is 0.0777. The third-order valence-electron chi connectivity index (χ3n) is 5.44. The molecule has 2 aliphatic carbocycles. The second-order valence-corrected chi connectivity index (χ2v) is 10.1. The lowest BCUT2D eigenvalue weighted by molar-refractivity contribution is -0.156. The van der Waals surface area contributed by atoms with Crippen LogP contribution in [0, 0.1) is 23.7 Å². The Morgan fingerprint density at radius 1 is 1.10 bits per heavy atom. The van der Waals surface area contributed by atoms with Gasteiger partial charge in [-0.2, -0.15) is 0 Å². The number of methoxy groups -OCH3 is 2. The molecule has 0 N–H and O–H groups in total. The van der Waals surface area contributed by atoms with E-state index in [1.54, 1.807) is 6.08 Å². The van der Waals surface area contributed by atoms with Gasteiger partial charge in [0.25, 0.3) is 0 Å². The van der Waals surface area contributed by atoms with Crippen LogP contribution < -0.4 is 0 Å². The number of allylic oxidation sites excluding steroid dienone is 1. The van der Waals surface area contributed by atoms with Crippen molar-refractivity contribution in [1.82, 2.24) is 0 Å². The minimum atomic E-state index is -0.457. The summed E-state index contributed by atoms with van der Waals surface area (Å²) in [6.45, 7) is 5.52. The van der Waals surface area contributed by atoms with E-state index in [1.807, 2.05) is 26.8 Å². The number of hydrogen-bond acceptors (Lipinski definition) is 8. The lowest BCUT2D eigenvalue weighted by atomic mass is 10.0. The number of ether oxygens (including phenoxy) is 4. The Morgan fingerprint density at radius 2 is 1.74 bits per heavy atom. The molecule has 1 aliphatic heterocycles. The van der Waals surface area contributed by atoms with Crippen LogP contribution in [0.2, 0.25) is 0 Å². The summed E-state index contributed by atoms with van der Waals surface area (Å²) in [7, 11) is 2.75. The third-order valence-corrected chi connectivity index (χ3v) is 6.60. The van der Waals surface area contributed by atoms with E-state index in [9.17, 15) is 19.2 Å². The zero-order chi connectivity index (χ0) is 23.3. The Morgan fingerprint density at radius 3 is 2.29 bits per heavy atom. The molecule has 31 heavy (non-hydrogen) atoms. The molecule has 0 amide bonds. The van der Waals surface area contributed by atoms with E-state index in [4.69, 9.17) is 9.47 Å². The quantitative estimate of drug-likeness (QED) is 0.250. The summed E-state index contributed by atoms with van der Waals surface area (Å²) in [4.78, 5) is 45.1. The third kappa shape index (κ3) is 7.05. The van der Waals surface area contributed by atoms with E-state index < -0.39 is 5.60 Å². The summed E-state index contributed by atoms with van der Waals surface area (Å²) in [5.41, 5.74) is -0.457. The lowest BCUT2D eigenvalue weighted by Crippen LogP contribution is -2.27. The minimum Gasteiger partial charge on any atom is -0.469 e. The van der Waals surface area contributed by atoms with Crippen molar-refractivity contribution in [2.75, 3.05) is 14.2 Å². The fourth-order valence-electron chi connectivity index (χ4n) is 4.08. The van der Waals surface area contributed by atoms with Crippen molar-refractivity contribution in [2.45, 2.75) is 63.0 Å². The van der Waals surface area contributed by atoms with Crippen molar-refractivity contribution >= 4 is 39.8 Å². The maximum absolute atomic E-state index is 11.6. The van der Waals surface area contributed by atoms with Crippen LogP contribution >= 0.6 is 15.9 Å². The highest BCUT2D eigenvalue weighted by Gasteiger charge is 2.52. The van der Waals surface area contributed by atoms with E-state index in [0.717, 1.165) is 0 Å². The number of carbonyl (C=O) groups excluding carboxylic acids is 4. The van der Waals surface area contributed by atoms with Gasteiger partial charge in [-0.15, -0.1) is 0 Å². The van der Waals surface area contributed by atoms with E-state index in [0.29, 0.717) is 25.7 Å². The van der Waals surface area contributed by atoms with E-state index in [2.05, 4.69) is 25.4 Å². The molecule has 1 heterocycles. The highest BCUT2D eigenvalue weighted by atomic mass is 79.9. The molecule has 3 rings (SSSR count). The molecular formula is C22H31BrO8. The predicted molar refractivity (Wildman–Crippen MR) is 114 cm³/mol. The Balaban J connectivity index is 0.000000224. The summed E-state index contributed by atoms with van der Waals surface area (Å²) in [6, 6.07) is 0. The molecule has 0 aromatic carbocycles. The molecule has 0 bridgehead atoms. The molecular weight excluding hydrogens is 472 g/mol. The van der Waals surface area contributed by atoms with Crippen LogP contribution in [-0.2, 0) is 38.1 Å². The Labute approximate surface area is 191 Å². The maximum Gasteiger partial charge on any atom is 0.312 e. The van der Waals surface area contributed by atoms with Crippen LogP contribution in [0.1, 0.15) is 46.5 Å². The second-order valence-electron chi connectivity index (χ2n) is 9.03. The molecule has 0 unspecified atom stereocenters. The van der Waals surface area contributed by atoms with Gasteiger partial charge in [0.15, 0.2) is 0 Å². The first-order valence-electron chi connectivity index (χ1n) is 10.3. The molecule has 0 radical (unpaired) electrons. The molecule has 174 valence electrons. The van der Waals surface area contributed by atoms with Gasteiger partial charge in [-0.05, 0) is 39.5 Å². The highest BCUT2D eigenvalue weighted by Crippen LogP contribution is 2.44. The van der Waals surface area contributed by atoms with Gasteiger partial charge in [-0.3, -0.25) is 19.2 Å². The van der Waals surface area contributed by atoms with Crippen molar-refractivity contribution in [1.29, 1.82) is 0 Å². The van der Waals surface area contributed by atoms with Gasteiger partial charge < -0.3 is 18.9 Å². The monoisotopic (exact) mass is 502 g/mol. The number of esters is 4. The first-order chi connectivity index (χ1) is 14.4. The van der Waals surface area contributed by atoms with Crippen LogP contribution in [0.3, 0.4) is 0 Å². The van der Waals surface area contributed by atoms with E-state index >= 15 is 0 Å². The number of fused-ring (bicyclic) bond motifs is 1. The van der Waals surface area contributed by atoms with Crippen LogP contribution in [0.4, 0.5) is 0 Å². The average Bonchev–Trinajstić information content (AvgIpc) is 3.36. The van der Waals surface area contributed by atoms with Crippen molar-refractivity contribution in [2.24, 2.45) is 23.7 Å². The Bertz CT molecular complexity index is 726. The second kappa shape index (κ2) is 10.6. The molecule has 9 heteroatoms. The number of alkyl halides is 1. The van der Waals surface area contributed by atoms with Crippen molar-refractivity contribution in [3.05, 3.63) is 12.2 Å². The SMILES string of the molecule is COC(=O)[C@@H]1C[C@@H]2CC(=O)O[C@@H]2[C@H]1Br.COC(=O)[C@H]1C=C[C@@H](CC(=O)OC(C)(C)C)C1. The average molecular weight is 503 g/mol. The Kier molecular flexibility index (Phi) is 8.68. The summed E-state index contributed by atoms with van der Waals surface area (Å²) in [5.74, 6) is -0.990. The summed E-state index contributed by atoms with van der Waals surface area (Å²) >= 11 is 3.40. The van der Waals surface area contributed by atoms with Crippen molar-refractivity contribution in [3.63, 3.8) is 0 Å². The zero-order valence-corrected chi connectivity index (χ0v) is 20.2. The van der Waals surface area contributed by atoms with Crippen LogP contribution in [0.25, 0.3) is 0 Å². The zero-order valence-electron chi connectivity index (χ0n) is 18.6. The molecule has 8 nitrogen and oxygen atoms in total. The molecule has 2 fully saturated rings. The molecule has 1 saturated heterocycles. The van der Waals surface area contributed by atoms with Gasteiger partial charge in [0.05, 0.1) is 43.7 Å². The van der Waals surface area contributed by atoms with Crippen molar-refractivity contribution in [3.8, 4) is 0 Å². The van der Waals surface area contributed by atoms with Gasteiger partial charge in [0.2, 0.25) is 0 Å². The van der Waals surface area contributed by atoms with Gasteiger partial charge in [0.1, 0.15) is 11.7 Å². The van der Waals surface area contributed by atoms with Gasteiger partial charge in [0, 0.05) is 5.92 Å².